The standard InChI is InChI=1S/C15H23N/c1-4-16-15(12(3)13-8-9-13)14-7-5-6-11(2)10-14/h5-7,10,12-13,15-16H,4,8-9H2,1-3H3. The van der Waals surface area contributed by atoms with Crippen LogP contribution in [0.5, 0.6) is 0 Å². The molecule has 0 saturated heterocycles. The number of rotatable bonds is 5. The fourth-order valence-electron chi connectivity index (χ4n) is 2.58. The van der Waals surface area contributed by atoms with Gasteiger partial charge in [-0.1, -0.05) is 43.7 Å². The van der Waals surface area contributed by atoms with Gasteiger partial charge in [-0.15, -0.1) is 0 Å². The number of benzene rings is 1. The third-order valence-corrected chi connectivity index (χ3v) is 3.72. The van der Waals surface area contributed by atoms with Crippen molar-refractivity contribution in [3.63, 3.8) is 0 Å². The predicted octanol–water partition coefficient (Wildman–Crippen LogP) is 3.69. The van der Waals surface area contributed by atoms with Crippen molar-refractivity contribution in [3.8, 4) is 0 Å². The van der Waals surface area contributed by atoms with E-state index in [0.717, 1.165) is 18.4 Å². The van der Waals surface area contributed by atoms with Crippen LogP contribution in [-0.2, 0) is 0 Å². The summed E-state index contributed by atoms with van der Waals surface area (Å²) in [6.45, 7) is 7.82. The third-order valence-electron chi connectivity index (χ3n) is 3.72. The molecule has 1 aromatic rings. The molecule has 1 saturated carbocycles. The van der Waals surface area contributed by atoms with Gasteiger partial charge < -0.3 is 5.32 Å². The average Bonchev–Trinajstić information content (AvgIpc) is 3.08. The van der Waals surface area contributed by atoms with Gasteiger partial charge in [-0.05, 0) is 43.7 Å². The molecule has 2 rings (SSSR count). The Hall–Kier alpha value is -0.820. The molecule has 1 heteroatoms. The zero-order chi connectivity index (χ0) is 11.5. The first-order valence-electron chi connectivity index (χ1n) is 6.52. The minimum absolute atomic E-state index is 0.539. The lowest BCUT2D eigenvalue weighted by atomic mass is 9.90. The highest BCUT2D eigenvalue weighted by atomic mass is 14.9. The van der Waals surface area contributed by atoms with E-state index in [4.69, 9.17) is 0 Å². The zero-order valence-electron chi connectivity index (χ0n) is 10.7. The quantitative estimate of drug-likeness (QED) is 0.793. The van der Waals surface area contributed by atoms with E-state index in [1.807, 2.05) is 0 Å². The summed E-state index contributed by atoms with van der Waals surface area (Å²) < 4.78 is 0. The Bertz CT molecular complexity index is 341. The number of hydrogen-bond donors (Lipinski definition) is 1. The molecule has 0 heterocycles. The SMILES string of the molecule is CCNC(c1cccc(C)c1)C(C)C1CC1. The molecule has 1 nitrogen and oxygen atoms in total. The molecule has 0 aliphatic heterocycles. The molecule has 1 aliphatic rings. The molecule has 1 aliphatic carbocycles. The molecule has 2 atom stereocenters. The summed E-state index contributed by atoms with van der Waals surface area (Å²) in [5, 5.41) is 3.65. The predicted molar refractivity (Wildman–Crippen MR) is 69.5 cm³/mol. The molecule has 0 bridgehead atoms. The summed E-state index contributed by atoms with van der Waals surface area (Å²) in [7, 11) is 0. The van der Waals surface area contributed by atoms with Gasteiger partial charge in [0.15, 0.2) is 0 Å². The van der Waals surface area contributed by atoms with Crippen LogP contribution in [0.25, 0.3) is 0 Å². The Morgan fingerprint density at radius 1 is 1.38 bits per heavy atom. The molecule has 2 unspecified atom stereocenters. The first-order valence-corrected chi connectivity index (χ1v) is 6.52. The second-order valence-electron chi connectivity index (χ2n) is 5.15. The van der Waals surface area contributed by atoms with Crippen molar-refractivity contribution in [1.82, 2.24) is 5.32 Å². The van der Waals surface area contributed by atoms with E-state index in [-0.39, 0.29) is 0 Å². The van der Waals surface area contributed by atoms with Crippen molar-refractivity contribution in [3.05, 3.63) is 35.4 Å². The lowest BCUT2D eigenvalue weighted by Gasteiger charge is -2.25. The maximum Gasteiger partial charge on any atom is 0.0348 e. The van der Waals surface area contributed by atoms with Gasteiger partial charge in [0.1, 0.15) is 0 Å². The van der Waals surface area contributed by atoms with E-state index in [9.17, 15) is 0 Å². The Morgan fingerprint density at radius 2 is 2.12 bits per heavy atom. The van der Waals surface area contributed by atoms with Crippen LogP contribution in [0, 0.1) is 18.8 Å². The van der Waals surface area contributed by atoms with Crippen LogP contribution in [0.3, 0.4) is 0 Å². The average molecular weight is 217 g/mol. The molecular formula is C15H23N. The number of hydrogen-bond acceptors (Lipinski definition) is 1. The topological polar surface area (TPSA) is 12.0 Å². The van der Waals surface area contributed by atoms with E-state index >= 15 is 0 Å². The van der Waals surface area contributed by atoms with E-state index < -0.39 is 0 Å². The molecule has 0 radical (unpaired) electrons. The van der Waals surface area contributed by atoms with Gasteiger partial charge >= 0.3 is 0 Å². The normalized spacial score (nSPS) is 19.4. The minimum atomic E-state index is 0.539. The zero-order valence-corrected chi connectivity index (χ0v) is 10.7. The number of aryl methyl sites for hydroxylation is 1. The minimum Gasteiger partial charge on any atom is -0.310 e. The van der Waals surface area contributed by atoms with Crippen LogP contribution >= 0.6 is 0 Å². The lowest BCUT2D eigenvalue weighted by Crippen LogP contribution is -2.27. The largest absolute Gasteiger partial charge is 0.310 e. The second kappa shape index (κ2) is 5.01. The monoisotopic (exact) mass is 217 g/mol. The van der Waals surface area contributed by atoms with E-state index in [1.165, 1.54) is 24.0 Å². The smallest absolute Gasteiger partial charge is 0.0348 e. The van der Waals surface area contributed by atoms with Crippen LogP contribution in [0.1, 0.15) is 43.9 Å². The molecule has 0 aromatic heterocycles. The molecule has 1 aromatic carbocycles. The second-order valence-corrected chi connectivity index (χ2v) is 5.15. The summed E-state index contributed by atoms with van der Waals surface area (Å²) in [5.74, 6) is 1.71. The van der Waals surface area contributed by atoms with Gasteiger partial charge in [-0.3, -0.25) is 0 Å². The summed E-state index contributed by atoms with van der Waals surface area (Å²) in [6, 6.07) is 9.48. The maximum absolute atomic E-state index is 3.65. The molecule has 0 amide bonds. The molecule has 1 N–H and O–H groups in total. The maximum atomic E-state index is 3.65. The van der Waals surface area contributed by atoms with Gasteiger partial charge in [0.2, 0.25) is 0 Å². The highest BCUT2D eigenvalue weighted by Gasteiger charge is 2.33. The Kier molecular flexibility index (Phi) is 3.65. The fourth-order valence-corrected chi connectivity index (χ4v) is 2.58. The Morgan fingerprint density at radius 3 is 2.69 bits per heavy atom. The summed E-state index contributed by atoms with van der Waals surface area (Å²) >= 11 is 0. The van der Waals surface area contributed by atoms with E-state index in [1.54, 1.807) is 0 Å². The van der Waals surface area contributed by atoms with Crippen molar-refractivity contribution in [2.24, 2.45) is 11.8 Å². The van der Waals surface area contributed by atoms with Gasteiger partial charge in [0, 0.05) is 6.04 Å². The summed E-state index contributed by atoms with van der Waals surface area (Å²) in [5.41, 5.74) is 2.82. The highest BCUT2D eigenvalue weighted by molar-refractivity contribution is 5.26. The summed E-state index contributed by atoms with van der Waals surface area (Å²) in [6.07, 6.45) is 2.85. The molecule has 88 valence electrons. The van der Waals surface area contributed by atoms with Crippen molar-refractivity contribution < 1.29 is 0 Å². The first-order chi connectivity index (χ1) is 7.72. The van der Waals surface area contributed by atoms with E-state index in [2.05, 4.69) is 50.4 Å². The molecule has 1 fully saturated rings. The summed E-state index contributed by atoms with van der Waals surface area (Å²) in [4.78, 5) is 0. The highest BCUT2D eigenvalue weighted by Crippen LogP contribution is 2.42. The Labute approximate surface area is 99.3 Å². The van der Waals surface area contributed by atoms with Crippen LogP contribution in [0.4, 0.5) is 0 Å². The fraction of sp³-hybridized carbons (Fsp3) is 0.600. The molecule has 16 heavy (non-hydrogen) atoms. The van der Waals surface area contributed by atoms with Crippen LogP contribution in [-0.4, -0.2) is 6.54 Å². The van der Waals surface area contributed by atoms with Crippen molar-refractivity contribution in [1.29, 1.82) is 0 Å². The van der Waals surface area contributed by atoms with Crippen LogP contribution < -0.4 is 5.32 Å². The Balaban J connectivity index is 2.17. The van der Waals surface area contributed by atoms with Gasteiger partial charge in [0.05, 0.1) is 0 Å². The van der Waals surface area contributed by atoms with Crippen LogP contribution in [0.15, 0.2) is 24.3 Å². The number of nitrogens with one attached hydrogen (secondary N) is 1. The van der Waals surface area contributed by atoms with Crippen LogP contribution in [0.2, 0.25) is 0 Å². The van der Waals surface area contributed by atoms with Crippen molar-refractivity contribution in [2.75, 3.05) is 6.54 Å². The van der Waals surface area contributed by atoms with Gasteiger partial charge in [-0.2, -0.15) is 0 Å². The molecular weight excluding hydrogens is 194 g/mol. The van der Waals surface area contributed by atoms with Crippen molar-refractivity contribution >= 4 is 0 Å². The lowest BCUT2D eigenvalue weighted by molar-refractivity contribution is 0.355. The first kappa shape index (κ1) is 11.7. The molecule has 0 spiro atoms. The van der Waals surface area contributed by atoms with Gasteiger partial charge in [0.25, 0.3) is 0 Å². The van der Waals surface area contributed by atoms with E-state index in [0.29, 0.717) is 6.04 Å². The van der Waals surface area contributed by atoms with Crippen molar-refractivity contribution in [2.45, 2.75) is 39.7 Å². The van der Waals surface area contributed by atoms with Gasteiger partial charge in [-0.25, -0.2) is 0 Å². The third kappa shape index (κ3) is 2.65.